The lowest BCUT2D eigenvalue weighted by Gasteiger charge is -2.32. The van der Waals surface area contributed by atoms with E-state index in [0.717, 1.165) is 17.7 Å². The minimum atomic E-state index is -0.848. The van der Waals surface area contributed by atoms with E-state index >= 15 is 0 Å². The highest BCUT2D eigenvalue weighted by Gasteiger charge is 2.31. The van der Waals surface area contributed by atoms with Gasteiger partial charge in [-0.15, -0.1) is 0 Å². The molecule has 2 heterocycles. The third kappa shape index (κ3) is 4.79. The van der Waals surface area contributed by atoms with Crippen molar-refractivity contribution in [2.24, 2.45) is 0 Å². The number of nitrogens with zero attached hydrogens (tertiary/aromatic N) is 3. The van der Waals surface area contributed by atoms with Crippen molar-refractivity contribution in [3.05, 3.63) is 117 Å². The van der Waals surface area contributed by atoms with Gasteiger partial charge in [0.1, 0.15) is 11.6 Å². The maximum absolute atomic E-state index is 13.9. The highest BCUT2D eigenvalue weighted by atomic mass is 35.5. The molecular formula is C23H16Cl2F2N4O. The van der Waals surface area contributed by atoms with Crippen LogP contribution in [0.3, 0.4) is 0 Å². The number of halogens is 4. The van der Waals surface area contributed by atoms with E-state index in [4.69, 9.17) is 23.2 Å². The van der Waals surface area contributed by atoms with Gasteiger partial charge in [0.05, 0.1) is 12.2 Å². The molecule has 0 bridgehead atoms. The maximum Gasteiger partial charge on any atom is 0.255 e. The highest BCUT2D eigenvalue weighted by Crippen LogP contribution is 2.36. The van der Waals surface area contributed by atoms with E-state index in [1.54, 1.807) is 55.1 Å². The predicted molar refractivity (Wildman–Crippen MR) is 117 cm³/mol. The molecule has 0 aliphatic heterocycles. The molecule has 1 atom stereocenters. The predicted octanol–water partition coefficient (Wildman–Crippen LogP) is 5.82. The van der Waals surface area contributed by atoms with Crippen molar-refractivity contribution in [3.8, 4) is 0 Å². The summed E-state index contributed by atoms with van der Waals surface area (Å²) in [6, 6.07) is 10.5. The van der Waals surface area contributed by atoms with Gasteiger partial charge in [0.2, 0.25) is 0 Å². The van der Waals surface area contributed by atoms with Crippen molar-refractivity contribution >= 4 is 29.1 Å². The van der Waals surface area contributed by atoms with Crippen molar-refractivity contribution in [2.45, 2.75) is 12.6 Å². The van der Waals surface area contributed by atoms with Gasteiger partial charge in [-0.05, 0) is 41.5 Å². The largest absolute Gasteiger partial charge is 0.323 e. The van der Waals surface area contributed by atoms with Crippen molar-refractivity contribution in [2.75, 3.05) is 0 Å². The first-order valence-electron chi connectivity index (χ1n) is 9.52. The summed E-state index contributed by atoms with van der Waals surface area (Å²) in [5.41, 5.74) is 1.79. The number of hydrogen-bond acceptors (Lipinski definition) is 3. The fraction of sp³-hybridized carbons (Fsp3) is 0.0870. The molecule has 2 aromatic carbocycles. The number of nitrogens with one attached hydrogen (secondary N) is 1. The van der Waals surface area contributed by atoms with Crippen LogP contribution in [0.2, 0.25) is 10.0 Å². The molecule has 0 aliphatic carbocycles. The Morgan fingerprint density at radius 2 is 1.84 bits per heavy atom. The van der Waals surface area contributed by atoms with E-state index in [0.29, 0.717) is 27.2 Å². The average Bonchev–Trinajstić information content (AvgIpc) is 3.28. The third-order valence-corrected chi connectivity index (χ3v) is 5.41. The molecule has 5 nitrogen and oxygen atoms in total. The van der Waals surface area contributed by atoms with Crippen molar-refractivity contribution in [1.29, 1.82) is 0 Å². The Kier molecular flexibility index (Phi) is 6.48. The van der Waals surface area contributed by atoms with Crippen LogP contribution in [0.4, 0.5) is 8.78 Å². The van der Waals surface area contributed by atoms with Crippen LogP contribution in [-0.4, -0.2) is 26.0 Å². The SMILES string of the molecule is O=C(c1cc(F)cc(F)c1)N(Cc1cccnc1)[C@H](c1cn[nH]c1)c1ccc(Cl)cc1Cl. The van der Waals surface area contributed by atoms with Gasteiger partial charge in [-0.1, -0.05) is 35.3 Å². The number of hydrogen-bond donors (Lipinski definition) is 1. The second-order valence-corrected chi connectivity index (χ2v) is 7.90. The minimum Gasteiger partial charge on any atom is -0.323 e. The second kappa shape index (κ2) is 9.46. The molecule has 162 valence electrons. The van der Waals surface area contributed by atoms with Crippen LogP contribution in [0.5, 0.6) is 0 Å². The molecule has 0 saturated heterocycles. The molecule has 0 fully saturated rings. The van der Waals surface area contributed by atoms with Gasteiger partial charge in [-0.25, -0.2) is 8.78 Å². The fourth-order valence-corrected chi connectivity index (χ4v) is 3.98. The van der Waals surface area contributed by atoms with Crippen LogP contribution in [0.15, 0.2) is 73.3 Å². The Morgan fingerprint density at radius 1 is 1.06 bits per heavy atom. The summed E-state index contributed by atoms with van der Waals surface area (Å²) in [7, 11) is 0. The van der Waals surface area contributed by atoms with E-state index in [9.17, 15) is 13.6 Å². The molecule has 0 saturated carbocycles. The summed E-state index contributed by atoms with van der Waals surface area (Å²) >= 11 is 12.6. The van der Waals surface area contributed by atoms with Gasteiger partial charge in [-0.3, -0.25) is 14.9 Å². The molecule has 9 heteroatoms. The van der Waals surface area contributed by atoms with Crippen LogP contribution in [-0.2, 0) is 6.54 Å². The number of aromatic nitrogens is 3. The number of carbonyl (C=O) groups excluding carboxylic acids is 1. The maximum atomic E-state index is 13.9. The quantitative estimate of drug-likeness (QED) is 0.384. The van der Waals surface area contributed by atoms with Gasteiger partial charge >= 0.3 is 0 Å². The lowest BCUT2D eigenvalue weighted by Crippen LogP contribution is -2.35. The zero-order valence-corrected chi connectivity index (χ0v) is 18.0. The van der Waals surface area contributed by atoms with Crippen LogP contribution < -0.4 is 0 Å². The Morgan fingerprint density at radius 3 is 2.47 bits per heavy atom. The number of aromatic amines is 1. The Balaban J connectivity index is 1.87. The summed E-state index contributed by atoms with van der Waals surface area (Å²) < 4.78 is 27.8. The lowest BCUT2D eigenvalue weighted by molar-refractivity contribution is 0.0689. The molecule has 0 unspecified atom stereocenters. The highest BCUT2D eigenvalue weighted by molar-refractivity contribution is 6.35. The summed E-state index contributed by atoms with van der Waals surface area (Å²) in [6.07, 6.45) is 6.42. The van der Waals surface area contributed by atoms with E-state index in [1.165, 1.54) is 4.90 Å². The van der Waals surface area contributed by atoms with Gasteiger partial charge in [0, 0.05) is 52.4 Å². The number of pyridine rings is 1. The molecular weight excluding hydrogens is 457 g/mol. The third-order valence-electron chi connectivity index (χ3n) is 4.85. The first-order chi connectivity index (χ1) is 15.4. The number of amides is 1. The molecule has 32 heavy (non-hydrogen) atoms. The second-order valence-electron chi connectivity index (χ2n) is 7.05. The van der Waals surface area contributed by atoms with Crippen LogP contribution in [0.1, 0.15) is 33.1 Å². The first kappa shape index (κ1) is 21.9. The molecule has 0 radical (unpaired) electrons. The van der Waals surface area contributed by atoms with E-state index in [2.05, 4.69) is 15.2 Å². The Hall–Kier alpha value is -3.29. The summed E-state index contributed by atoms with van der Waals surface area (Å²) in [5, 5.41) is 7.50. The van der Waals surface area contributed by atoms with Crippen LogP contribution in [0, 0.1) is 11.6 Å². The summed E-state index contributed by atoms with van der Waals surface area (Å²) in [6.45, 7) is 0.0968. The van der Waals surface area contributed by atoms with Crippen LogP contribution in [0.25, 0.3) is 0 Å². The van der Waals surface area contributed by atoms with E-state index < -0.39 is 23.6 Å². The molecule has 0 spiro atoms. The number of carbonyl (C=O) groups is 1. The Labute approximate surface area is 192 Å². The van der Waals surface area contributed by atoms with E-state index in [1.807, 2.05) is 0 Å². The standard InChI is InChI=1S/C23H16Cl2F2N4O/c24-17-3-4-20(21(25)8-17)22(16-11-29-30-12-16)31(13-14-2-1-5-28-10-14)23(32)15-6-18(26)9-19(27)7-15/h1-12,22H,13H2,(H,29,30)/t22-/m1/s1. The zero-order chi connectivity index (χ0) is 22.7. The Bertz CT molecular complexity index is 1220. The molecule has 1 amide bonds. The van der Waals surface area contributed by atoms with E-state index in [-0.39, 0.29) is 12.1 Å². The zero-order valence-electron chi connectivity index (χ0n) is 16.5. The smallest absolute Gasteiger partial charge is 0.255 e. The number of H-pyrrole nitrogens is 1. The fourth-order valence-electron chi connectivity index (χ4n) is 3.47. The van der Waals surface area contributed by atoms with Crippen molar-refractivity contribution in [3.63, 3.8) is 0 Å². The normalized spacial score (nSPS) is 11.9. The number of benzene rings is 2. The molecule has 1 N–H and O–H groups in total. The van der Waals surface area contributed by atoms with Gasteiger partial charge < -0.3 is 4.90 Å². The monoisotopic (exact) mass is 472 g/mol. The van der Waals surface area contributed by atoms with Gasteiger partial charge in [0.15, 0.2) is 0 Å². The van der Waals surface area contributed by atoms with Gasteiger partial charge in [0.25, 0.3) is 5.91 Å². The molecule has 0 aliphatic rings. The molecule has 4 rings (SSSR count). The minimum absolute atomic E-state index is 0.0968. The van der Waals surface area contributed by atoms with Gasteiger partial charge in [-0.2, -0.15) is 5.10 Å². The average molecular weight is 473 g/mol. The first-order valence-corrected chi connectivity index (χ1v) is 10.3. The molecule has 4 aromatic rings. The summed E-state index contributed by atoms with van der Waals surface area (Å²) in [5.74, 6) is -2.29. The lowest BCUT2D eigenvalue weighted by atomic mass is 9.97. The van der Waals surface area contributed by atoms with Crippen LogP contribution >= 0.6 is 23.2 Å². The van der Waals surface area contributed by atoms with Crippen molar-refractivity contribution in [1.82, 2.24) is 20.1 Å². The summed E-state index contributed by atoms with van der Waals surface area (Å²) in [4.78, 5) is 19.2. The van der Waals surface area contributed by atoms with Crippen molar-refractivity contribution < 1.29 is 13.6 Å². The number of rotatable bonds is 6. The topological polar surface area (TPSA) is 61.9 Å². The molecule has 2 aromatic heterocycles.